The Morgan fingerprint density at radius 1 is 0.951 bits per heavy atom. The number of benzene rings is 2. The Kier molecular flexibility index (Phi) is 7.30. The lowest BCUT2D eigenvalue weighted by Crippen LogP contribution is -2.49. The van der Waals surface area contributed by atoms with E-state index >= 15 is 4.39 Å². The van der Waals surface area contributed by atoms with Crippen LogP contribution < -0.4 is 16.2 Å². The minimum Gasteiger partial charge on any atom is -0.398 e. The summed E-state index contributed by atoms with van der Waals surface area (Å²) in [6.45, 7) is 4.44. The largest absolute Gasteiger partial charge is 0.398 e. The van der Waals surface area contributed by atoms with Crippen molar-refractivity contribution in [1.29, 1.82) is 0 Å². The number of sulfonamides is 1. The van der Waals surface area contributed by atoms with Gasteiger partial charge in [0.15, 0.2) is 0 Å². The van der Waals surface area contributed by atoms with Gasteiger partial charge in [0, 0.05) is 44.0 Å². The number of hydrogen-bond acceptors (Lipinski definition) is 8. The summed E-state index contributed by atoms with van der Waals surface area (Å²) in [4.78, 5) is 9.16. The quantitative estimate of drug-likeness (QED) is 0.293. The zero-order valence-corrected chi connectivity index (χ0v) is 23.8. The molecule has 2 aromatic heterocycles. The van der Waals surface area contributed by atoms with E-state index < -0.39 is 15.8 Å². The van der Waals surface area contributed by atoms with Gasteiger partial charge in [-0.15, -0.1) is 0 Å². The van der Waals surface area contributed by atoms with Gasteiger partial charge in [0.2, 0.25) is 0 Å². The number of nitrogens with two attached hydrogens (primary N) is 2. The lowest BCUT2D eigenvalue weighted by molar-refractivity contribution is 0.0816. The van der Waals surface area contributed by atoms with Crippen LogP contribution >= 0.6 is 0 Å². The van der Waals surface area contributed by atoms with Gasteiger partial charge >= 0.3 is 0 Å². The molecular weight excluding hydrogens is 543 g/mol. The molecule has 5 N–H and O–H groups in total. The number of anilines is 3. The summed E-state index contributed by atoms with van der Waals surface area (Å²) in [5.41, 5.74) is 13.9. The molecule has 1 saturated heterocycles. The molecule has 1 saturated carbocycles. The highest BCUT2D eigenvalue weighted by Crippen LogP contribution is 2.38. The Bertz CT molecular complexity index is 1680. The summed E-state index contributed by atoms with van der Waals surface area (Å²) in [5.74, 6) is -0.418. The number of likely N-dealkylation sites (N-methyl/N-ethyl adjacent to an activating group) is 1. The number of nitrogens with one attached hydrogen (secondary N) is 1. The smallest absolute Gasteiger partial charge is 0.264 e. The molecule has 2 aromatic carbocycles. The van der Waals surface area contributed by atoms with Gasteiger partial charge in [-0.3, -0.25) is 14.3 Å². The predicted molar refractivity (Wildman–Crippen MR) is 159 cm³/mol. The summed E-state index contributed by atoms with van der Waals surface area (Å²) in [5, 5.41) is 5.62. The topological polar surface area (TPSA) is 135 Å². The second-order valence-corrected chi connectivity index (χ2v) is 12.7. The number of rotatable bonds is 6. The van der Waals surface area contributed by atoms with E-state index in [1.807, 2.05) is 10.7 Å². The third-order valence-electron chi connectivity index (χ3n) is 8.41. The SMILES string of the molecule is CN1CCN(C2CCC(n3nc(-c4ccc(NS(=O)(=O)c5ccccc5N)c(F)c4)c4c(N)nccc43)CC2)CC1. The molecule has 0 radical (unpaired) electrons. The molecule has 0 spiro atoms. The second kappa shape index (κ2) is 10.9. The molecule has 2 fully saturated rings. The average Bonchev–Trinajstić information content (AvgIpc) is 3.36. The molecule has 6 rings (SSSR count). The molecule has 1 aliphatic carbocycles. The van der Waals surface area contributed by atoms with Crippen LogP contribution in [0.5, 0.6) is 0 Å². The molecule has 2 aliphatic rings. The van der Waals surface area contributed by atoms with E-state index in [0.29, 0.717) is 28.5 Å². The van der Waals surface area contributed by atoms with Crippen LogP contribution in [0.4, 0.5) is 21.6 Å². The minimum atomic E-state index is -4.08. The normalized spacial score (nSPS) is 20.8. The molecular formula is C29H35FN8O2S. The maximum atomic E-state index is 15.3. The van der Waals surface area contributed by atoms with Crippen LogP contribution in [0, 0.1) is 5.82 Å². The van der Waals surface area contributed by atoms with Crippen molar-refractivity contribution in [3.05, 3.63) is 60.5 Å². The van der Waals surface area contributed by atoms with Crippen LogP contribution in [0.2, 0.25) is 0 Å². The molecule has 216 valence electrons. The first-order valence-corrected chi connectivity index (χ1v) is 15.4. The number of para-hydroxylation sites is 1. The summed E-state index contributed by atoms with van der Waals surface area (Å²) in [7, 11) is -1.91. The zero-order chi connectivity index (χ0) is 28.7. The maximum absolute atomic E-state index is 15.3. The Labute approximate surface area is 239 Å². The monoisotopic (exact) mass is 578 g/mol. The molecule has 0 bridgehead atoms. The third kappa shape index (κ3) is 5.34. The van der Waals surface area contributed by atoms with Gasteiger partial charge in [-0.2, -0.15) is 5.10 Å². The van der Waals surface area contributed by atoms with Crippen LogP contribution in [-0.2, 0) is 10.0 Å². The number of aromatic nitrogens is 3. The summed E-state index contributed by atoms with van der Waals surface area (Å²) in [6, 6.07) is 13.0. The van der Waals surface area contributed by atoms with Gasteiger partial charge in [-0.1, -0.05) is 18.2 Å². The lowest BCUT2D eigenvalue weighted by Gasteiger charge is -2.41. The molecule has 12 heteroatoms. The summed E-state index contributed by atoms with van der Waals surface area (Å²) >= 11 is 0. The summed E-state index contributed by atoms with van der Waals surface area (Å²) < 4.78 is 45.4. The van der Waals surface area contributed by atoms with Crippen LogP contribution in [0.3, 0.4) is 0 Å². The van der Waals surface area contributed by atoms with Gasteiger partial charge in [-0.05, 0) is 63.1 Å². The number of pyridine rings is 1. The number of halogens is 1. The van der Waals surface area contributed by atoms with Crippen molar-refractivity contribution < 1.29 is 12.8 Å². The average molecular weight is 579 g/mol. The van der Waals surface area contributed by atoms with Gasteiger partial charge in [0.25, 0.3) is 10.0 Å². The van der Waals surface area contributed by atoms with Crippen molar-refractivity contribution in [3.8, 4) is 11.3 Å². The molecule has 0 unspecified atom stereocenters. The van der Waals surface area contributed by atoms with Crippen molar-refractivity contribution in [1.82, 2.24) is 24.6 Å². The Morgan fingerprint density at radius 3 is 2.37 bits per heavy atom. The highest BCUT2D eigenvalue weighted by atomic mass is 32.2. The zero-order valence-electron chi connectivity index (χ0n) is 23.0. The Morgan fingerprint density at radius 2 is 1.66 bits per heavy atom. The first-order valence-electron chi connectivity index (χ1n) is 13.9. The molecule has 0 amide bonds. The maximum Gasteiger partial charge on any atom is 0.264 e. The van der Waals surface area contributed by atoms with Crippen molar-refractivity contribution in [2.45, 2.75) is 42.7 Å². The molecule has 10 nitrogen and oxygen atoms in total. The van der Waals surface area contributed by atoms with Crippen molar-refractivity contribution in [2.24, 2.45) is 0 Å². The van der Waals surface area contributed by atoms with Crippen molar-refractivity contribution in [3.63, 3.8) is 0 Å². The molecule has 4 aromatic rings. The fraction of sp³-hybridized carbons (Fsp3) is 0.379. The fourth-order valence-corrected chi connectivity index (χ4v) is 7.32. The number of hydrogen-bond donors (Lipinski definition) is 3. The lowest BCUT2D eigenvalue weighted by atomic mass is 9.89. The third-order valence-corrected chi connectivity index (χ3v) is 9.85. The number of nitrogens with zero attached hydrogens (tertiary/aromatic N) is 5. The first kappa shape index (κ1) is 27.4. The fourth-order valence-electron chi connectivity index (χ4n) is 6.12. The van der Waals surface area contributed by atoms with E-state index in [4.69, 9.17) is 16.6 Å². The number of fused-ring (bicyclic) bond motifs is 1. The van der Waals surface area contributed by atoms with Gasteiger partial charge in [0.05, 0.1) is 28.3 Å². The van der Waals surface area contributed by atoms with Crippen LogP contribution in [0.15, 0.2) is 59.6 Å². The van der Waals surface area contributed by atoms with E-state index in [2.05, 4.69) is 26.6 Å². The van der Waals surface area contributed by atoms with Crippen molar-refractivity contribution in [2.75, 3.05) is 49.4 Å². The molecule has 0 atom stereocenters. The predicted octanol–water partition coefficient (Wildman–Crippen LogP) is 3.93. The standard InChI is InChI=1S/C29H35FN8O2S/c1-36-14-16-37(17-15-36)20-7-9-21(10-8-20)38-25-12-13-33-29(32)27(25)28(34-38)19-6-11-24(22(30)18-19)35-41(39,40)26-5-3-2-4-23(26)31/h2-6,11-13,18,20-21,35H,7-10,14-17,31H2,1H3,(H2,32,33). The highest BCUT2D eigenvalue weighted by molar-refractivity contribution is 7.92. The first-order chi connectivity index (χ1) is 19.7. The molecule has 41 heavy (non-hydrogen) atoms. The summed E-state index contributed by atoms with van der Waals surface area (Å²) in [6.07, 6.45) is 5.85. The number of nitrogen functional groups attached to an aromatic ring is 2. The van der Waals surface area contributed by atoms with Crippen LogP contribution in [-0.4, -0.2) is 72.3 Å². The Balaban J connectivity index is 1.27. The highest BCUT2D eigenvalue weighted by Gasteiger charge is 2.30. The Hall–Kier alpha value is -3.74. The van der Waals surface area contributed by atoms with Gasteiger partial charge < -0.3 is 16.4 Å². The van der Waals surface area contributed by atoms with E-state index in [1.165, 1.54) is 24.3 Å². The van der Waals surface area contributed by atoms with E-state index in [9.17, 15) is 8.42 Å². The van der Waals surface area contributed by atoms with Gasteiger partial charge in [0.1, 0.15) is 22.2 Å². The molecule has 1 aliphatic heterocycles. The van der Waals surface area contributed by atoms with E-state index in [0.717, 1.165) is 57.4 Å². The van der Waals surface area contributed by atoms with Gasteiger partial charge in [-0.25, -0.2) is 17.8 Å². The molecule has 3 heterocycles. The van der Waals surface area contributed by atoms with E-state index in [-0.39, 0.29) is 22.3 Å². The van der Waals surface area contributed by atoms with Crippen molar-refractivity contribution >= 4 is 38.1 Å². The minimum absolute atomic E-state index is 0.0783. The van der Waals surface area contributed by atoms with E-state index in [1.54, 1.807) is 24.4 Å². The van der Waals surface area contributed by atoms with Crippen LogP contribution in [0.25, 0.3) is 22.2 Å². The second-order valence-electron chi connectivity index (χ2n) is 11.0. The van der Waals surface area contributed by atoms with Crippen LogP contribution in [0.1, 0.15) is 31.7 Å². The number of piperazine rings is 1.